The number of carbonyl (C=O) groups is 2. The summed E-state index contributed by atoms with van der Waals surface area (Å²) in [5.74, 6) is 0.707. The standard InChI is InChI=1S/C26H31N3O5/c1-19(30)33-12-9-21-15-23-16-22(5-8-25(23)34-18-21)26(31)28(2)24-6-3-20(4-7-24)17-27-29-10-13-32-14-11-29/h3-8,16-17,21H,9-15,18H2,1-2H3. The summed E-state index contributed by atoms with van der Waals surface area (Å²) >= 11 is 0. The summed E-state index contributed by atoms with van der Waals surface area (Å²) in [6.45, 7) is 5.37. The minimum Gasteiger partial charge on any atom is -0.493 e. The predicted octanol–water partition coefficient (Wildman–Crippen LogP) is 3.13. The van der Waals surface area contributed by atoms with Crippen LogP contribution in [0.3, 0.4) is 0 Å². The molecule has 2 aliphatic heterocycles. The highest BCUT2D eigenvalue weighted by atomic mass is 16.5. The number of ether oxygens (including phenoxy) is 3. The highest BCUT2D eigenvalue weighted by Crippen LogP contribution is 2.30. The molecule has 0 bridgehead atoms. The van der Waals surface area contributed by atoms with E-state index in [0.29, 0.717) is 32.0 Å². The molecule has 2 aromatic rings. The lowest BCUT2D eigenvalue weighted by Crippen LogP contribution is -2.32. The molecule has 0 spiro atoms. The van der Waals surface area contributed by atoms with E-state index in [2.05, 4.69) is 5.10 Å². The van der Waals surface area contributed by atoms with Crippen LogP contribution in [0.5, 0.6) is 5.75 Å². The van der Waals surface area contributed by atoms with Crippen molar-refractivity contribution in [2.75, 3.05) is 51.5 Å². The molecule has 1 amide bonds. The Kier molecular flexibility index (Phi) is 7.80. The molecule has 180 valence electrons. The van der Waals surface area contributed by atoms with Crippen LogP contribution < -0.4 is 9.64 Å². The molecule has 1 saturated heterocycles. The molecule has 4 rings (SSSR count). The van der Waals surface area contributed by atoms with Crippen molar-refractivity contribution in [3.63, 3.8) is 0 Å². The van der Waals surface area contributed by atoms with Gasteiger partial charge < -0.3 is 19.1 Å². The molecule has 8 heteroatoms. The summed E-state index contributed by atoms with van der Waals surface area (Å²) < 4.78 is 16.3. The Balaban J connectivity index is 1.38. The quantitative estimate of drug-likeness (QED) is 0.462. The number of nitrogens with zero attached hydrogens (tertiary/aromatic N) is 3. The predicted molar refractivity (Wildman–Crippen MR) is 130 cm³/mol. The van der Waals surface area contributed by atoms with Gasteiger partial charge in [-0.3, -0.25) is 14.6 Å². The molecule has 34 heavy (non-hydrogen) atoms. The van der Waals surface area contributed by atoms with Crippen LogP contribution in [0.2, 0.25) is 0 Å². The molecule has 0 radical (unpaired) electrons. The highest BCUT2D eigenvalue weighted by molar-refractivity contribution is 6.06. The molecular formula is C26H31N3O5. The third-order valence-corrected chi connectivity index (χ3v) is 6.06. The molecule has 2 aromatic carbocycles. The number of amides is 1. The maximum atomic E-state index is 13.2. The van der Waals surface area contributed by atoms with Gasteiger partial charge in [-0.25, -0.2) is 0 Å². The van der Waals surface area contributed by atoms with Gasteiger partial charge in [-0.15, -0.1) is 0 Å². The zero-order chi connectivity index (χ0) is 23.9. The number of morpholine rings is 1. The number of anilines is 1. The molecule has 0 aromatic heterocycles. The summed E-state index contributed by atoms with van der Waals surface area (Å²) in [4.78, 5) is 25.8. The normalized spacial score (nSPS) is 17.7. The summed E-state index contributed by atoms with van der Waals surface area (Å²) in [7, 11) is 1.77. The third kappa shape index (κ3) is 6.14. The van der Waals surface area contributed by atoms with Crippen LogP contribution >= 0.6 is 0 Å². The number of hydrogen-bond acceptors (Lipinski definition) is 7. The zero-order valence-electron chi connectivity index (χ0n) is 19.7. The van der Waals surface area contributed by atoms with E-state index >= 15 is 0 Å². The van der Waals surface area contributed by atoms with Crippen molar-refractivity contribution in [2.24, 2.45) is 11.0 Å². The third-order valence-electron chi connectivity index (χ3n) is 6.06. The summed E-state index contributed by atoms with van der Waals surface area (Å²) in [6.07, 6.45) is 3.36. The second-order valence-electron chi connectivity index (χ2n) is 8.60. The van der Waals surface area contributed by atoms with Crippen molar-refractivity contribution in [1.82, 2.24) is 5.01 Å². The number of hydrazone groups is 1. The molecule has 1 unspecified atom stereocenters. The SMILES string of the molecule is CC(=O)OCCC1COc2ccc(C(=O)N(C)c3ccc(C=NN4CCOCC4)cc3)cc2C1. The first-order valence-corrected chi connectivity index (χ1v) is 11.6. The maximum absolute atomic E-state index is 13.2. The van der Waals surface area contributed by atoms with Crippen LogP contribution in [0.4, 0.5) is 5.69 Å². The van der Waals surface area contributed by atoms with Gasteiger partial charge in [0.05, 0.1) is 45.7 Å². The fourth-order valence-corrected chi connectivity index (χ4v) is 4.06. The van der Waals surface area contributed by atoms with Crippen LogP contribution in [0.1, 0.15) is 34.8 Å². The van der Waals surface area contributed by atoms with E-state index in [4.69, 9.17) is 14.2 Å². The Bertz CT molecular complexity index is 1030. The van der Waals surface area contributed by atoms with Crippen molar-refractivity contribution in [3.05, 3.63) is 59.2 Å². The van der Waals surface area contributed by atoms with Crippen molar-refractivity contribution in [3.8, 4) is 5.75 Å². The average Bonchev–Trinajstić information content (AvgIpc) is 2.87. The lowest BCUT2D eigenvalue weighted by molar-refractivity contribution is -0.141. The molecule has 2 heterocycles. The van der Waals surface area contributed by atoms with Crippen LogP contribution in [0, 0.1) is 5.92 Å². The number of rotatable bonds is 7. The van der Waals surface area contributed by atoms with E-state index < -0.39 is 0 Å². The van der Waals surface area contributed by atoms with Gasteiger partial charge in [0.1, 0.15) is 5.75 Å². The van der Waals surface area contributed by atoms with Gasteiger partial charge in [-0.2, -0.15) is 5.10 Å². The number of benzene rings is 2. The van der Waals surface area contributed by atoms with Gasteiger partial charge in [0.25, 0.3) is 5.91 Å². The van der Waals surface area contributed by atoms with Crippen LogP contribution in [-0.2, 0) is 20.7 Å². The Morgan fingerprint density at radius 3 is 2.68 bits per heavy atom. The zero-order valence-corrected chi connectivity index (χ0v) is 19.7. The minimum absolute atomic E-state index is 0.0837. The Hall–Kier alpha value is -3.39. The van der Waals surface area contributed by atoms with E-state index in [1.54, 1.807) is 18.0 Å². The lowest BCUT2D eigenvalue weighted by Gasteiger charge is -2.26. The first-order valence-electron chi connectivity index (χ1n) is 11.6. The van der Waals surface area contributed by atoms with Crippen LogP contribution in [-0.4, -0.2) is 69.7 Å². The topological polar surface area (TPSA) is 80.7 Å². The van der Waals surface area contributed by atoms with Crippen molar-refractivity contribution in [1.29, 1.82) is 0 Å². The second kappa shape index (κ2) is 11.2. The highest BCUT2D eigenvalue weighted by Gasteiger charge is 2.22. The van der Waals surface area contributed by atoms with Gasteiger partial charge in [0.2, 0.25) is 0 Å². The fourth-order valence-electron chi connectivity index (χ4n) is 4.06. The molecule has 1 atom stereocenters. The maximum Gasteiger partial charge on any atom is 0.302 e. The molecule has 1 fully saturated rings. The van der Waals surface area contributed by atoms with E-state index in [0.717, 1.165) is 48.5 Å². The first kappa shape index (κ1) is 23.8. The summed E-state index contributed by atoms with van der Waals surface area (Å²) in [6, 6.07) is 13.3. The lowest BCUT2D eigenvalue weighted by atomic mass is 9.93. The number of carbonyl (C=O) groups excluding carboxylic acids is 2. The van der Waals surface area contributed by atoms with Gasteiger partial charge in [-0.05, 0) is 54.3 Å². The Morgan fingerprint density at radius 1 is 1.18 bits per heavy atom. The molecule has 8 nitrogen and oxygen atoms in total. The van der Waals surface area contributed by atoms with E-state index in [-0.39, 0.29) is 17.8 Å². The second-order valence-corrected chi connectivity index (χ2v) is 8.60. The molecule has 2 aliphatic rings. The van der Waals surface area contributed by atoms with Gasteiger partial charge >= 0.3 is 5.97 Å². The van der Waals surface area contributed by atoms with E-state index in [1.807, 2.05) is 47.6 Å². The number of fused-ring (bicyclic) bond motifs is 1. The van der Waals surface area contributed by atoms with Gasteiger partial charge in [0, 0.05) is 31.1 Å². The van der Waals surface area contributed by atoms with E-state index in [1.165, 1.54) is 6.92 Å². The Labute approximate surface area is 200 Å². The largest absolute Gasteiger partial charge is 0.493 e. The molecule has 0 saturated carbocycles. The summed E-state index contributed by atoms with van der Waals surface area (Å²) in [5, 5.41) is 6.49. The van der Waals surface area contributed by atoms with Crippen LogP contribution in [0.25, 0.3) is 0 Å². The number of esters is 1. The summed E-state index contributed by atoms with van der Waals surface area (Å²) in [5.41, 5.74) is 3.40. The van der Waals surface area contributed by atoms with Gasteiger partial charge in [0.15, 0.2) is 0 Å². The number of hydrogen-bond donors (Lipinski definition) is 0. The molecule has 0 N–H and O–H groups in total. The monoisotopic (exact) mass is 465 g/mol. The molecule has 0 aliphatic carbocycles. The first-order chi connectivity index (χ1) is 16.5. The minimum atomic E-state index is -0.273. The fraction of sp³-hybridized carbons (Fsp3) is 0.423. The van der Waals surface area contributed by atoms with E-state index in [9.17, 15) is 9.59 Å². The van der Waals surface area contributed by atoms with Crippen molar-refractivity contribution < 1.29 is 23.8 Å². The smallest absolute Gasteiger partial charge is 0.302 e. The Morgan fingerprint density at radius 2 is 1.94 bits per heavy atom. The van der Waals surface area contributed by atoms with Crippen LogP contribution in [0.15, 0.2) is 47.6 Å². The van der Waals surface area contributed by atoms with Gasteiger partial charge in [-0.1, -0.05) is 12.1 Å². The molecular weight excluding hydrogens is 434 g/mol. The average molecular weight is 466 g/mol. The van der Waals surface area contributed by atoms with Crippen molar-refractivity contribution >= 4 is 23.8 Å². The van der Waals surface area contributed by atoms with Crippen molar-refractivity contribution in [2.45, 2.75) is 19.8 Å².